The largest absolute Gasteiger partial charge is 0.395 e. The molecule has 0 radical (unpaired) electrons. The van der Waals surface area contributed by atoms with E-state index in [0.29, 0.717) is 0 Å². The molecule has 2 unspecified atom stereocenters. The summed E-state index contributed by atoms with van der Waals surface area (Å²) >= 11 is 0. The average Bonchev–Trinajstić information content (AvgIpc) is 2.04. The molecule has 0 aromatic carbocycles. The van der Waals surface area contributed by atoms with Crippen LogP contribution in [0.25, 0.3) is 0 Å². The van der Waals surface area contributed by atoms with E-state index < -0.39 is 0 Å². The van der Waals surface area contributed by atoms with Gasteiger partial charge in [-0.05, 0) is 13.3 Å². The second-order valence-electron chi connectivity index (χ2n) is 2.51. The fourth-order valence-electron chi connectivity index (χ4n) is 0.129. The lowest BCUT2D eigenvalue weighted by molar-refractivity contribution is 0.263. The van der Waals surface area contributed by atoms with Crippen LogP contribution in [0.15, 0.2) is 0 Å². The van der Waals surface area contributed by atoms with E-state index in [2.05, 4.69) is 0 Å². The van der Waals surface area contributed by atoms with Gasteiger partial charge in [0.25, 0.3) is 0 Å². The Morgan fingerprint density at radius 1 is 1.18 bits per heavy atom. The molecule has 0 aliphatic carbocycles. The zero-order valence-electron chi connectivity index (χ0n) is 7.33. The minimum atomic E-state index is -0.0602. The lowest BCUT2D eigenvalue weighted by atomic mass is 10.3. The third kappa shape index (κ3) is 17.7. The van der Waals surface area contributed by atoms with Crippen LogP contribution in [0, 0.1) is 0 Å². The first-order chi connectivity index (χ1) is 5.08. The predicted molar refractivity (Wildman–Crippen MR) is 46.1 cm³/mol. The number of aliphatic hydroxyl groups is 2. The molecule has 0 saturated carbocycles. The molecule has 0 rings (SSSR count). The number of hydrogen-bond acceptors (Lipinski definition) is 4. The molecule has 70 valence electrons. The monoisotopic (exact) mass is 164 g/mol. The van der Waals surface area contributed by atoms with Crippen molar-refractivity contribution in [3.05, 3.63) is 0 Å². The van der Waals surface area contributed by atoms with Gasteiger partial charge in [0.15, 0.2) is 0 Å². The second kappa shape index (κ2) is 9.84. The van der Waals surface area contributed by atoms with Crippen LogP contribution in [0.5, 0.6) is 0 Å². The summed E-state index contributed by atoms with van der Waals surface area (Å²) in [5.41, 5.74) is 10.3. The standard InChI is InChI=1S/C4H11NO.C3H9NO/c1-2-4(5)3-6;1-3(4)2-5/h4,6H,2-3,5H2,1H3;3,5H,2,4H2,1H3. The van der Waals surface area contributed by atoms with Gasteiger partial charge in [0, 0.05) is 12.1 Å². The summed E-state index contributed by atoms with van der Waals surface area (Å²) < 4.78 is 0. The van der Waals surface area contributed by atoms with Crippen molar-refractivity contribution in [1.82, 2.24) is 0 Å². The Kier molecular flexibility index (Phi) is 12.0. The van der Waals surface area contributed by atoms with Gasteiger partial charge in [-0.1, -0.05) is 6.92 Å². The summed E-state index contributed by atoms with van der Waals surface area (Å²) in [4.78, 5) is 0. The molecule has 2 atom stereocenters. The molecule has 0 aromatic heterocycles. The maximum absolute atomic E-state index is 8.21. The molecule has 0 amide bonds. The maximum Gasteiger partial charge on any atom is 0.0582 e. The van der Waals surface area contributed by atoms with Crippen LogP contribution >= 0.6 is 0 Å². The van der Waals surface area contributed by atoms with Crippen LogP contribution in [0.2, 0.25) is 0 Å². The van der Waals surface area contributed by atoms with E-state index in [9.17, 15) is 0 Å². The van der Waals surface area contributed by atoms with Gasteiger partial charge in [-0.2, -0.15) is 0 Å². The topological polar surface area (TPSA) is 92.5 Å². The SMILES string of the molecule is CC(N)CO.CCC(N)CO. The van der Waals surface area contributed by atoms with E-state index in [1.807, 2.05) is 6.92 Å². The zero-order chi connectivity index (χ0) is 9.28. The Hall–Kier alpha value is -0.160. The molecule has 11 heavy (non-hydrogen) atoms. The highest BCUT2D eigenvalue weighted by atomic mass is 16.3. The van der Waals surface area contributed by atoms with Crippen molar-refractivity contribution in [1.29, 1.82) is 0 Å². The van der Waals surface area contributed by atoms with Gasteiger partial charge >= 0.3 is 0 Å². The van der Waals surface area contributed by atoms with E-state index in [1.54, 1.807) is 6.92 Å². The van der Waals surface area contributed by atoms with Crippen LogP contribution in [-0.2, 0) is 0 Å². The van der Waals surface area contributed by atoms with Gasteiger partial charge < -0.3 is 21.7 Å². The lowest BCUT2D eigenvalue weighted by Crippen LogP contribution is -2.22. The van der Waals surface area contributed by atoms with Gasteiger partial charge in [0.2, 0.25) is 0 Å². The Labute approximate surface area is 68.2 Å². The molecule has 0 aromatic rings. The Morgan fingerprint density at radius 3 is 1.55 bits per heavy atom. The molecular formula is C7H20N2O2. The van der Waals surface area contributed by atoms with E-state index in [-0.39, 0.29) is 25.3 Å². The smallest absolute Gasteiger partial charge is 0.0582 e. The molecule has 0 saturated heterocycles. The summed E-state index contributed by atoms with van der Waals surface area (Å²) in [6, 6.07) is -0.0694. The summed E-state index contributed by atoms with van der Waals surface area (Å²) in [7, 11) is 0. The van der Waals surface area contributed by atoms with Crippen LogP contribution in [0.1, 0.15) is 20.3 Å². The number of rotatable bonds is 3. The first kappa shape index (κ1) is 13.4. The van der Waals surface area contributed by atoms with Gasteiger partial charge in [-0.25, -0.2) is 0 Å². The van der Waals surface area contributed by atoms with Crippen LogP contribution in [0.3, 0.4) is 0 Å². The van der Waals surface area contributed by atoms with E-state index in [1.165, 1.54) is 0 Å². The second-order valence-corrected chi connectivity index (χ2v) is 2.51. The molecule has 6 N–H and O–H groups in total. The van der Waals surface area contributed by atoms with Gasteiger partial charge in [-0.15, -0.1) is 0 Å². The molecule has 0 aliphatic heterocycles. The molecule has 0 spiro atoms. The van der Waals surface area contributed by atoms with Crippen molar-refractivity contribution < 1.29 is 10.2 Å². The van der Waals surface area contributed by atoms with Crippen LogP contribution in [-0.4, -0.2) is 35.5 Å². The normalized spacial score (nSPS) is 14.7. The van der Waals surface area contributed by atoms with Crippen molar-refractivity contribution in [2.24, 2.45) is 11.5 Å². The minimum absolute atomic E-state index is 0.00926. The fourth-order valence-corrected chi connectivity index (χ4v) is 0.129. The number of hydrogen-bond donors (Lipinski definition) is 4. The first-order valence-electron chi connectivity index (χ1n) is 3.81. The van der Waals surface area contributed by atoms with Crippen molar-refractivity contribution in [3.8, 4) is 0 Å². The van der Waals surface area contributed by atoms with E-state index in [0.717, 1.165) is 6.42 Å². The third-order valence-electron chi connectivity index (χ3n) is 1.05. The Balaban J connectivity index is 0. The van der Waals surface area contributed by atoms with Gasteiger partial charge in [-0.3, -0.25) is 0 Å². The highest BCUT2D eigenvalue weighted by Gasteiger charge is 1.90. The highest BCUT2D eigenvalue weighted by Crippen LogP contribution is 1.79. The van der Waals surface area contributed by atoms with Crippen molar-refractivity contribution in [2.45, 2.75) is 32.4 Å². The summed E-state index contributed by atoms with van der Waals surface area (Å²) in [6.45, 7) is 3.89. The lowest BCUT2D eigenvalue weighted by Gasteiger charge is -1.98. The first-order valence-corrected chi connectivity index (χ1v) is 3.81. The minimum Gasteiger partial charge on any atom is -0.395 e. The summed E-state index contributed by atoms with van der Waals surface area (Å²) in [5.74, 6) is 0. The number of nitrogens with two attached hydrogens (primary N) is 2. The summed E-state index contributed by atoms with van der Waals surface area (Å²) in [6.07, 6.45) is 0.858. The van der Waals surface area contributed by atoms with Crippen molar-refractivity contribution in [3.63, 3.8) is 0 Å². The molecule has 0 heterocycles. The molecule has 0 aliphatic rings. The highest BCUT2D eigenvalue weighted by molar-refractivity contribution is 4.51. The average molecular weight is 164 g/mol. The fraction of sp³-hybridized carbons (Fsp3) is 1.00. The van der Waals surface area contributed by atoms with Crippen molar-refractivity contribution in [2.75, 3.05) is 13.2 Å². The van der Waals surface area contributed by atoms with E-state index in [4.69, 9.17) is 21.7 Å². The Bertz CT molecular complexity index is 65.5. The van der Waals surface area contributed by atoms with Crippen LogP contribution < -0.4 is 11.5 Å². The van der Waals surface area contributed by atoms with Crippen molar-refractivity contribution >= 4 is 0 Å². The van der Waals surface area contributed by atoms with E-state index >= 15 is 0 Å². The van der Waals surface area contributed by atoms with Gasteiger partial charge in [0.1, 0.15) is 0 Å². The number of aliphatic hydroxyl groups excluding tert-OH is 2. The molecule has 0 fully saturated rings. The molecule has 4 heteroatoms. The zero-order valence-corrected chi connectivity index (χ0v) is 7.33. The maximum atomic E-state index is 8.21. The third-order valence-corrected chi connectivity index (χ3v) is 1.05. The molecule has 4 nitrogen and oxygen atoms in total. The predicted octanol–water partition coefficient (Wildman–Crippen LogP) is -0.958. The van der Waals surface area contributed by atoms with Crippen LogP contribution in [0.4, 0.5) is 0 Å². The quantitative estimate of drug-likeness (QED) is 0.432. The molecular weight excluding hydrogens is 144 g/mol. The molecule has 0 bridgehead atoms. The Morgan fingerprint density at radius 2 is 1.55 bits per heavy atom. The summed E-state index contributed by atoms with van der Waals surface area (Å²) in [5, 5.41) is 16.2. The van der Waals surface area contributed by atoms with Gasteiger partial charge in [0.05, 0.1) is 13.2 Å².